The van der Waals surface area contributed by atoms with Crippen molar-refractivity contribution in [3.63, 3.8) is 0 Å². The van der Waals surface area contributed by atoms with Gasteiger partial charge in [-0.15, -0.1) is 0 Å². The minimum absolute atomic E-state index is 0. The number of rotatable bonds is 12. The molecule has 4 bridgehead atoms. The second kappa shape index (κ2) is 19.0. The number of quaternary nitrogens is 2. The van der Waals surface area contributed by atoms with Crippen molar-refractivity contribution < 1.29 is 100 Å². The quantitative estimate of drug-likeness (QED) is 0.153. The highest BCUT2D eigenvalue weighted by Crippen LogP contribution is 2.47. The molecule has 5 aliphatic rings. The van der Waals surface area contributed by atoms with Gasteiger partial charge in [0.1, 0.15) is 25.3 Å². The van der Waals surface area contributed by atoms with Gasteiger partial charge in [-0.1, -0.05) is 0 Å². The van der Waals surface area contributed by atoms with Gasteiger partial charge in [0.05, 0.1) is 50.1 Å². The van der Waals surface area contributed by atoms with Crippen molar-refractivity contribution in [2.75, 3.05) is 14.1 Å². The molecule has 16 heteroatoms. The SMILES string of the molecule is CC(=O)Oc1ccc(C[N+]2(C)C3CCC2CC(OC(=O)C2CCC2C(=O)OC2CC4CCC(C2)[N+]4(C)Cc2ccc(OC(C)=O)c(OC(C)=O)c2)C3)cc1OC(C)=O.[Br-].[Br-]. The van der Waals surface area contributed by atoms with Gasteiger partial charge in [-0.3, -0.25) is 28.8 Å². The molecule has 1 aliphatic carbocycles. The van der Waals surface area contributed by atoms with E-state index >= 15 is 0 Å². The van der Waals surface area contributed by atoms with E-state index in [1.54, 1.807) is 24.3 Å². The van der Waals surface area contributed by atoms with E-state index in [4.69, 9.17) is 28.4 Å². The van der Waals surface area contributed by atoms with Crippen LogP contribution >= 0.6 is 0 Å². The van der Waals surface area contributed by atoms with E-state index in [2.05, 4.69) is 14.1 Å². The Labute approximate surface area is 372 Å². The third-order valence-electron chi connectivity index (χ3n) is 13.7. The van der Waals surface area contributed by atoms with E-state index in [1.165, 1.54) is 27.7 Å². The summed E-state index contributed by atoms with van der Waals surface area (Å²) >= 11 is 0. The number of carbonyl (C=O) groups excluding carboxylic acids is 6. The zero-order valence-corrected chi connectivity index (χ0v) is 38.3. The molecule has 0 N–H and O–H groups in total. The number of esters is 6. The average molecular weight is 965 g/mol. The smallest absolute Gasteiger partial charge is 0.310 e. The summed E-state index contributed by atoms with van der Waals surface area (Å²) < 4.78 is 35.1. The van der Waals surface area contributed by atoms with Crippen molar-refractivity contribution in [1.29, 1.82) is 0 Å². The van der Waals surface area contributed by atoms with Gasteiger partial charge in [-0.05, 0) is 49.2 Å². The van der Waals surface area contributed by atoms with Gasteiger partial charge in [-0.25, -0.2) is 0 Å². The fourth-order valence-corrected chi connectivity index (χ4v) is 10.7. The van der Waals surface area contributed by atoms with E-state index in [0.29, 0.717) is 25.9 Å². The second-order valence-corrected chi connectivity index (χ2v) is 17.6. The molecule has 2 aromatic rings. The molecule has 6 unspecified atom stereocenters. The minimum atomic E-state index is -0.503. The standard InChI is InChI=1S/C44H56N2O12.2BrH/c1-25(47)53-39-15-7-29(17-41(39)55-27(3)49)23-45(5)31-9-10-32(45)20-35(19-31)57-43(51)37-13-14-38(37)44(52)58-36-21-33-11-12-34(22-36)46(33,6)24-30-8-16-40(54-26(2)48)42(18-30)56-28(4)50;;/h7-8,15-18,31-38H,9-14,19-24H2,1-6H3;2*1H/q+2;;/p-2. The van der Waals surface area contributed by atoms with Crippen molar-refractivity contribution in [2.45, 2.75) is 141 Å². The zero-order chi connectivity index (χ0) is 41.5. The van der Waals surface area contributed by atoms with E-state index in [-0.39, 0.29) is 105 Å². The number of hydrogen-bond acceptors (Lipinski definition) is 12. The number of halogens is 2. The lowest BCUT2D eigenvalue weighted by Gasteiger charge is -2.47. The molecule has 60 heavy (non-hydrogen) atoms. The third kappa shape index (κ3) is 10.1. The van der Waals surface area contributed by atoms with Crippen LogP contribution in [0.3, 0.4) is 0 Å². The van der Waals surface area contributed by atoms with Crippen LogP contribution in [0, 0.1) is 11.8 Å². The minimum Gasteiger partial charge on any atom is -1.00 e. The Kier molecular flexibility index (Phi) is 15.0. The van der Waals surface area contributed by atoms with Gasteiger partial charge >= 0.3 is 35.8 Å². The molecule has 5 fully saturated rings. The molecule has 1 saturated carbocycles. The first kappa shape index (κ1) is 47.2. The number of nitrogens with zero attached hydrogens (tertiary/aromatic N) is 2. The van der Waals surface area contributed by atoms with Crippen LogP contribution in [0.1, 0.15) is 103 Å². The Morgan fingerprint density at radius 3 is 1.07 bits per heavy atom. The maximum Gasteiger partial charge on any atom is 0.310 e. The molecule has 4 heterocycles. The molecule has 2 aromatic carbocycles. The molecular formula is C44H56Br2N2O12. The average Bonchev–Trinajstić information content (AvgIpc) is 3.33. The Morgan fingerprint density at radius 2 is 0.783 bits per heavy atom. The number of hydrogen-bond donors (Lipinski definition) is 0. The van der Waals surface area contributed by atoms with Crippen molar-refractivity contribution in [2.24, 2.45) is 11.8 Å². The largest absolute Gasteiger partial charge is 1.00 e. The van der Waals surface area contributed by atoms with Crippen molar-refractivity contribution in [3.8, 4) is 23.0 Å². The van der Waals surface area contributed by atoms with E-state index < -0.39 is 35.7 Å². The number of ether oxygens (including phenoxy) is 6. The molecular weight excluding hydrogens is 908 g/mol. The first-order valence-corrected chi connectivity index (χ1v) is 20.6. The molecule has 0 aromatic heterocycles. The highest BCUT2D eigenvalue weighted by molar-refractivity contribution is 5.84. The molecule has 0 radical (unpaired) electrons. The summed E-state index contributed by atoms with van der Waals surface area (Å²) in [4.78, 5) is 73.9. The van der Waals surface area contributed by atoms with Gasteiger partial charge in [0.2, 0.25) is 0 Å². The monoisotopic (exact) mass is 962 g/mol. The van der Waals surface area contributed by atoms with Crippen molar-refractivity contribution in [3.05, 3.63) is 47.5 Å². The molecule has 4 aliphatic heterocycles. The van der Waals surface area contributed by atoms with Gasteiger partial charge in [0.15, 0.2) is 23.0 Å². The van der Waals surface area contributed by atoms with Gasteiger partial charge in [-0.2, -0.15) is 0 Å². The number of carbonyl (C=O) groups is 6. The van der Waals surface area contributed by atoms with E-state index in [0.717, 1.165) is 71.5 Å². The molecule has 0 spiro atoms. The van der Waals surface area contributed by atoms with Crippen molar-refractivity contribution >= 4 is 35.8 Å². The lowest BCUT2D eigenvalue weighted by molar-refractivity contribution is -0.961. The Balaban J connectivity index is 0.00000341. The molecule has 7 rings (SSSR count). The summed E-state index contributed by atoms with van der Waals surface area (Å²) in [6.45, 7) is 6.57. The number of fused-ring (bicyclic) bond motifs is 4. The number of benzene rings is 2. The molecule has 6 atom stereocenters. The summed E-state index contributed by atoms with van der Waals surface area (Å²) in [5, 5.41) is 0. The lowest BCUT2D eigenvalue weighted by atomic mass is 9.73. The highest BCUT2D eigenvalue weighted by atomic mass is 79.9. The first-order valence-electron chi connectivity index (χ1n) is 20.6. The summed E-state index contributed by atoms with van der Waals surface area (Å²) in [5.74, 6) is -2.79. The Morgan fingerprint density at radius 1 is 0.483 bits per heavy atom. The fraction of sp³-hybridized carbons (Fsp3) is 0.591. The zero-order valence-electron chi connectivity index (χ0n) is 35.1. The summed E-state index contributed by atoms with van der Waals surface area (Å²) in [7, 11) is 4.46. The third-order valence-corrected chi connectivity index (χ3v) is 13.7. The Hall–Kier alpha value is -3.86. The van der Waals surface area contributed by atoms with Crippen molar-refractivity contribution in [1.82, 2.24) is 0 Å². The summed E-state index contributed by atoms with van der Waals surface area (Å²) in [5.41, 5.74) is 1.91. The van der Waals surface area contributed by atoms with Gasteiger partial charge in [0.25, 0.3) is 0 Å². The maximum absolute atomic E-state index is 13.6. The van der Waals surface area contributed by atoms with Crippen LogP contribution in [0.15, 0.2) is 36.4 Å². The summed E-state index contributed by atoms with van der Waals surface area (Å²) in [6.07, 6.45) is 7.73. The number of piperidine rings is 2. The van der Waals surface area contributed by atoms with Crippen LogP contribution < -0.4 is 52.9 Å². The van der Waals surface area contributed by atoms with Crippen LogP contribution in [0.2, 0.25) is 0 Å². The summed E-state index contributed by atoms with van der Waals surface area (Å²) in [6, 6.07) is 11.7. The highest BCUT2D eigenvalue weighted by Gasteiger charge is 2.55. The topological polar surface area (TPSA) is 158 Å². The van der Waals surface area contributed by atoms with Crippen LogP contribution in [0.25, 0.3) is 0 Å². The predicted molar refractivity (Wildman–Crippen MR) is 206 cm³/mol. The predicted octanol–water partition coefficient (Wildman–Crippen LogP) is -0.511. The van der Waals surface area contributed by atoms with Gasteiger partial charge < -0.3 is 71.4 Å². The van der Waals surface area contributed by atoms with Crippen LogP contribution in [-0.2, 0) is 51.3 Å². The van der Waals surface area contributed by atoms with Crippen LogP contribution in [0.5, 0.6) is 23.0 Å². The molecule has 0 amide bonds. The first-order chi connectivity index (χ1) is 27.5. The van der Waals surface area contributed by atoms with Crippen LogP contribution in [0.4, 0.5) is 0 Å². The maximum atomic E-state index is 13.6. The van der Waals surface area contributed by atoms with E-state index in [9.17, 15) is 28.8 Å². The molecule has 328 valence electrons. The van der Waals surface area contributed by atoms with Gasteiger partial charge in [0, 0.05) is 90.2 Å². The van der Waals surface area contributed by atoms with E-state index in [1.807, 2.05) is 12.1 Å². The molecule has 4 saturated heterocycles. The lowest BCUT2D eigenvalue weighted by Crippen LogP contribution is -3.00. The molecule has 14 nitrogen and oxygen atoms in total. The second-order valence-electron chi connectivity index (χ2n) is 17.6. The Bertz CT molecular complexity index is 1820. The normalized spacial score (nSPS) is 30.9. The van der Waals surface area contributed by atoms with Crippen LogP contribution in [-0.4, -0.2) is 95.3 Å². The fourth-order valence-electron chi connectivity index (χ4n) is 10.7.